The fraction of sp³-hybridized carbons (Fsp3) is 0.355. The lowest BCUT2D eigenvalue weighted by Crippen LogP contribution is -2.45. The molecule has 3 aromatic rings. The Labute approximate surface area is 251 Å². The molecule has 42 heavy (non-hydrogen) atoms. The van der Waals surface area contributed by atoms with Gasteiger partial charge in [0.25, 0.3) is 0 Å². The van der Waals surface area contributed by atoms with Crippen LogP contribution in [0.25, 0.3) is 0 Å². The summed E-state index contributed by atoms with van der Waals surface area (Å²) in [7, 11) is 5.45. The first-order valence-corrected chi connectivity index (χ1v) is 14.6. The second-order valence-electron chi connectivity index (χ2n) is 9.83. The topological polar surface area (TPSA) is 102 Å². The molecule has 0 aliphatic rings. The molecule has 0 unspecified atom stereocenters. The zero-order valence-corrected chi connectivity index (χ0v) is 25.3. The Morgan fingerprint density at radius 1 is 1.17 bits per heavy atom. The van der Waals surface area contributed by atoms with Crippen molar-refractivity contribution >= 4 is 40.6 Å². The van der Waals surface area contributed by atoms with Crippen molar-refractivity contribution in [1.82, 2.24) is 25.1 Å². The second-order valence-corrected chi connectivity index (χ2v) is 10.9. The third kappa shape index (κ3) is 11.0. The largest absolute Gasteiger partial charge is 0.369 e. The highest BCUT2D eigenvalue weighted by molar-refractivity contribution is 7.09. The van der Waals surface area contributed by atoms with Crippen LogP contribution in [0.1, 0.15) is 30.2 Å². The standard InChI is InChI=1S/C31H38FN7O2S/c1-23(39(4)28(40)15-9-19-38(2)3)30(41)34-17-7-5-6-11-24-22-35-31(36-26-13-8-12-25(32)21-26)37-29(24)33-18-16-27-14-10-20-42-27/h8-10,12-15,20-23H,5,7,16-19H2,1-4H3,(H,34,41)(H2,33,35,36,37)/b15-9+/t23-/m0/s1. The van der Waals surface area contributed by atoms with Gasteiger partial charge in [-0.05, 0) is 63.5 Å². The van der Waals surface area contributed by atoms with E-state index in [1.807, 2.05) is 30.4 Å². The van der Waals surface area contributed by atoms with E-state index in [2.05, 4.69) is 43.8 Å². The molecule has 0 spiro atoms. The van der Waals surface area contributed by atoms with Crippen molar-refractivity contribution in [3.8, 4) is 11.8 Å². The van der Waals surface area contributed by atoms with Gasteiger partial charge in [0, 0.05) is 49.7 Å². The predicted octanol–water partition coefficient (Wildman–Crippen LogP) is 4.29. The van der Waals surface area contributed by atoms with E-state index in [1.54, 1.807) is 49.7 Å². The Hall–Kier alpha value is -4.27. The molecular weight excluding hydrogens is 553 g/mol. The molecule has 2 aromatic heterocycles. The molecule has 11 heteroatoms. The maximum atomic E-state index is 13.6. The number of amides is 2. The summed E-state index contributed by atoms with van der Waals surface area (Å²) >= 11 is 1.70. The van der Waals surface area contributed by atoms with Crippen molar-refractivity contribution in [2.45, 2.75) is 32.2 Å². The molecule has 0 aliphatic carbocycles. The molecule has 0 fully saturated rings. The van der Waals surface area contributed by atoms with Crippen LogP contribution in [0.15, 0.2) is 60.1 Å². The van der Waals surface area contributed by atoms with Crippen LogP contribution in [0.5, 0.6) is 0 Å². The van der Waals surface area contributed by atoms with Gasteiger partial charge in [-0.3, -0.25) is 9.59 Å². The summed E-state index contributed by atoms with van der Waals surface area (Å²) in [5.74, 6) is 6.39. The molecule has 0 bridgehead atoms. The van der Waals surface area contributed by atoms with Gasteiger partial charge in [-0.25, -0.2) is 9.37 Å². The maximum Gasteiger partial charge on any atom is 0.246 e. The summed E-state index contributed by atoms with van der Waals surface area (Å²) in [5, 5.41) is 11.3. The molecule has 3 N–H and O–H groups in total. The van der Waals surface area contributed by atoms with Gasteiger partial charge in [-0.1, -0.05) is 30.0 Å². The van der Waals surface area contributed by atoms with Crippen LogP contribution in [0.3, 0.4) is 0 Å². The lowest BCUT2D eigenvalue weighted by Gasteiger charge is -2.23. The highest BCUT2D eigenvalue weighted by Gasteiger charge is 2.20. The first kappa shape index (κ1) is 32.2. The van der Waals surface area contributed by atoms with E-state index in [0.717, 1.165) is 6.42 Å². The third-order valence-electron chi connectivity index (χ3n) is 6.15. The van der Waals surface area contributed by atoms with E-state index < -0.39 is 6.04 Å². The van der Waals surface area contributed by atoms with Crippen molar-refractivity contribution in [2.24, 2.45) is 0 Å². The molecule has 1 atom stereocenters. The highest BCUT2D eigenvalue weighted by Crippen LogP contribution is 2.18. The third-order valence-corrected chi connectivity index (χ3v) is 7.09. The number of benzene rings is 1. The number of carbonyl (C=O) groups excluding carboxylic acids is 2. The molecule has 0 radical (unpaired) electrons. The predicted molar refractivity (Wildman–Crippen MR) is 167 cm³/mol. The molecule has 0 saturated heterocycles. The average Bonchev–Trinajstić information content (AvgIpc) is 3.48. The molecule has 1 aromatic carbocycles. The number of unbranched alkanes of at least 4 members (excludes halogenated alkanes) is 1. The molecule has 222 valence electrons. The average molecular weight is 592 g/mol. The molecule has 2 heterocycles. The van der Waals surface area contributed by atoms with Crippen molar-refractivity contribution < 1.29 is 14.0 Å². The van der Waals surface area contributed by atoms with Gasteiger partial charge in [0.2, 0.25) is 17.8 Å². The number of thiophene rings is 1. The number of hydrogen-bond donors (Lipinski definition) is 3. The smallest absolute Gasteiger partial charge is 0.246 e. The number of nitrogens with one attached hydrogen (secondary N) is 3. The molecule has 9 nitrogen and oxygen atoms in total. The minimum Gasteiger partial charge on any atom is -0.369 e. The number of halogens is 1. The first-order chi connectivity index (χ1) is 20.2. The van der Waals surface area contributed by atoms with Gasteiger partial charge >= 0.3 is 0 Å². The summed E-state index contributed by atoms with van der Waals surface area (Å²) < 4.78 is 13.6. The molecular formula is C31H38FN7O2S. The van der Waals surface area contributed by atoms with Gasteiger partial charge in [0.1, 0.15) is 17.7 Å². The van der Waals surface area contributed by atoms with Crippen molar-refractivity contribution in [3.05, 3.63) is 76.4 Å². The second kappa shape index (κ2) is 16.9. The van der Waals surface area contributed by atoms with E-state index in [0.29, 0.717) is 55.5 Å². The Balaban J connectivity index is 1.54. The van der Waals surface area contributed by atoms with E-state index in [9.17, 15) is 14.0 Å². The molecule has 3 rings (SSSR count). The minimum atomic E-state index is -0.591. The van der Waals surface area contributed by atoms with Crippen LogP contribution >= 0.6 is 11.3 Å². The summed E-state index contributed by atoms with van der Waals surface area (Å²) in [5.41, 5.74) is 1.19. The lowest BCUT2D eigenvalue weighted by atomic mass is 10.2. The van der Waals surface area contributed by atoms with Crippen molar-refractivity contribution in [3.63, 3.8) is 0 Å². The number of carbonyl (C=O) groups is 2. The Kier molecular flexibility index (Phi) is 12.9. The fourth-order valence-corrected chi connectivity index (χ4v) is 4.37. The van der Waals surface area contributed by atoms with Crippen LogP contribution < -0.4 is 16.0 Å². The molecule has 0 saturated carbocycles. The summed E-state index contributed by atoms with van der Waals surface area (Å²) in [6.07, 6.45) is 6.93. The fourth-order valence-electron chi connectivity index (χ4n) is 3.66. The van der Waals surface area contributed by atoms with Crippen molar-refractivity contribution in [1.29, 1.82) is 0 Å². The first-order valence-electron chi connectivity index (χ1n) is 13.7. The zero-order chi connectivity index (χ0) is 30.3. The summed E-state index contributed by atoms with van der Waals surface area (Å²) in [6.45, 7) is 3.45. The summed E-state index contributed by atoms with van der Waals surface area (Å²) in [6, 6.07) is 9.62. The highest BCUT2D eigenvalue weighted by atomic mass is 32.1. The van der Waals surface area contributed by atoms with Gasteiger partial charge in [0.15, 0.2) is 0 Å². The van der Waals surface area contributed by atoms with E-state index in [1.165, 1.54) is 28.0 Å². The number of rotatable bonds is 14. The monoisotopic (exact) mass is 591 g/mol. The normalized spacial score (nSPS) is 11.6. The Morgan fingerprint density at radius 2 is 2.00 bits per heavy atom. The van der Waals surface area contributed by atoms with Crippen LogP contribution in [0.2, 0.25) is 0 Å². The number of aromatic nitrogens is 2. The van der Waals surface area contributed by atoms with Crippen LogP contribution in [0, 0.1) is 17.7 Å². The lowest BCUT2D eigenvalue weighted by molar-refractivity contribution is -0.135. The quantitative estimate of drug-likeness (QED) is 0.146. The Bertz CT molecular complexity index is 1400. The van der Waals surface area contributed by atoms with E-state index >= 15 is 0 Å². The van der Waals surface area contributed by atoms with Crippen LogP contribution in [-0.2, 0) is 16.0 Å². The number of anilines is 3. The summed E-state index contributed by atoms with van der Waals surface area (Å²) in [4.78, 5) is 38.4. The minimum absolute atomic E-state index is 0.216. The zero-order valence-electron chi connectivity index (χ0n) is 24.5. The van der Waals surface area contributed by atoms with Crippen LogP contribution in [0.4, 0.5) is 21.8 Å². The Morgan fingerprint density at radius 3 is 2.74 bits per heavy atom. The number of likely N-dealkylation sites (N-methyl/N-ethyl adjacent to an activating group) is 2. The van der Waals surface area contributed by atoms with Crippen LogP contribution in [-0.4, -0.2) is 78.4 Å². The SMILES string of the molecule is C[C@@H](C(=O)NCCCC#Cc1cnc(Nc2cccc(F)c2)nc1NCCc1cccs1)N(C)C(=O)/C=C/CN(C)C. The van der Waals surface area contributed by atoms with Gasteiger partial charge < -0.3 is 25.8 Å². The van der Waals surface area contributed by atoms with Gasteiger partial charge in [-0.15, -0.1) is 11.3 Å². The van der Waals surface area contributed by atoms with E-state index in [-0.39, 0.29) is 17.6 Å². The van der Waals surface area contributed by atoms with E-state index in [4.69, 9.17) is 0 Å². The molecule has 2 amide bonds. The number of nitrogens with zero attached hydrogens (tertiary/aromatic N) is 4. The van der Waals surface area contributed by atoms with Crippen molar-refractivity contribution in [2.75, 3.05) is 51.4 Å². The maximum absolute atomic E-state index is 13.6. The molecule has 0 aliphatic heterocycles. The number of hydrogen-bond acceptors (Lipinski definition) is 8. The van der Waals surface area contributed by atoms with Gasteiger partial charge in [-0.2, -0.15) is 4.98 Å². The van der Waals surface area contributed by atoms with Gasteiger partial charge in [0.05, 0.1) is 11.8 Å².